The van der Waals surface area contributed by atoms with Crippen molar-refractivity contribution < 1.29 is 13.2 Å². The van der Waals surface area contributed by atoms with E-state index in [1.165, 1.54) is 13.1 Å². The van der Waals surface area contributed by atoms with Gasteiger partial charge in [-0.15, -0.1) is 11.3 Å². The lowest BCUT2D eigenvalue weighted by Crippen LogP contribution is -2.39. The molecular formula is C23H23N3O3S2. The number of nitrogens with zero attached hydrogens (tertiary/aromatic N) is 1. The van der Waals surface area contributed by atoms with E-state index in [1.54, 1.807) is 11.4 Å². The number of thiophene rings is 1. The van der Waals surface area contributed by atoms with Gasteiger partial charge in [-0.3, -0.25) is 4.79 Å². The molecule has 0 saturated heterocycles. The van der Waals surface area contributed by atoms with Crippen LogP contribution in [0.2, 0.25) is 0 Å². The Morgan fingerprint density at radius 2 is 1.81 bits per heavy atom. The Balaban J connectivity index is 1.51. The number of aromatic amines is 1. The molecule has 0 fully saturated rings. The zero-order chi connectivity index (χ0) is 21.8. The standard InChI is InChI=1S/C23H23N3O3S2/c1-26(31(28,29)23-12-7-13-30-23)16-22(27)25-14-19(17-8-3-2-4-9-17)20-15-24-21-11-6-5-10-18(20)21/h2-13,15,19,24H,14,16H2,1H3,(H,25,27). The predicted octanol–water partition coefficient (Wildman–Crippen LogP) is 3.80. The van der Waals surface area contributed by atoms with Gasteiger partial charge in [0.05, 0.1) is 6.54 Å². The second-order valence-corrected chi connectivity index (χ2v) is 10.5. The molecule has 0 saturated carbocycles. The van der Waals surface area contributed by atoms with Crippen LogP contribution in [0.3, 0.4) is 0 Å². The fraction of sp³-hybridized carbons (Fsp3) is 0.174. The maximum Gasteiger partial charge on any atom is 0.252 e. The highest BCUT2D eigenvalue weighted by Crippen LogP contribution is 2.30. The van der Waals surface area contributed by atoms with E-state index in [4.69, 9.17) is 0 Å². The Bertz CT molecular complexity index is 1270. The van der Waals surface area contributed by atoms with Crippen LogP contribution in [0, 0.1) is 0 Å². The molecule has 2 aromatic carbocycles. The van der Waals surface area contributed by atoms with Gasteiger partial charge in [0.1, 0.15) is 4.21 Å². The Kier molecular flexibility index (Phi) is 6.22. The number of nitrogens with one attached hydrogen (secondary N) is 2. The highest BCUT2D eigenvalue weighted by molar-refractivity contribution is 7.91. The van der Waals surface area contributed by atoms with E-state index in [0.717, 1.165) is 37.7 Å². The maximum atomic E-state index is 12.6. The molecule has 2 N–H and O–H groups in total. The first-order valence-corrected chi connectivity index (χ1v) is 12.2. The number of sulfonamides is 1. The van der Waals surface area contributed by atoms with Crippen LogP contribution in [-0.4, -0.2) is 43.8 Å². The van der Waals surface area contributed by atoms with Gasteiger partial charge in [-0.25, -0.2) is 8.42 Å². The van der Waals surface area contributed by atoms with E-state index < -0.39 is 10.0 Å². The molecule has 1 amide bonds. The van der Waals surface area contributed by atoms with E-state index in [2.05, 4.69) is 16.4 Å². The predicted molar refractivity (Wildman–Crippen MR) is 124 cm³/mol. The summed E-state index contributed by atoms with van der Waals surface area (Å²) in [6.45, 7) is 0.118. The minimum Gasteiger partial charge on any atom is -0.361 e. The number of para-hydroxylation sites is 1. The Morgan fingerprint density at radius 1 is 1.06 bits per heavy atom. The summed E-state index contributed by atoms with van der Waals surface area (Å²) in [6.07, 6.45) is 1.97. The molecule has 4 rings (SSSR count). The lowest BCUT2D eigenvalue weighted by atomic mass is 9.91. The number of aromatic nitrogens is 1. The third-order valence-electron chi connectivity index (χ3n) is 5.23. The third-order valence-corrected chi connectivity index (χ3v) is 8.40. The fourth-order valence-electron chi connectivity index (χ4n) is 3.60. The normalized spacial score (nSPS) is 12.8. The smallest absolute Gasteiger partial charge is 0.252 e. The van der Waals surface area contributed by atoms with Crippen molar-refractivity contribution in [2.75, 3.05) is 20.1 Å². The first-order valence-electron chi connectivity index (χ1n) is 9.84. The Morgan fingerprint density at radius 3 is 2.55 bits per heavy atom. The number of carbonyl (C=O) groups excluding carboxylic acids is 1. The Labute approximate surface area is 185 Å². The molecule has 0 aliphatic heterocycles. The van der Waals surface area contributed by atoms with Crippen LogP contribution in [0.5, 0.6) is 0 Å². The van der Waals surface area contributed by atoms with Crippen LogP contribution in [0.4, 0.5) is 0 Å². The number of likely N-dealkylation sites (N-methyl/N-ethyl adjacent to an activating group) is 1. The van der Waals surface area contributed by atoms with E-state index >= 15 is 0 Å². The van der Waals surface area contributed by atoms with Crippen molar-refractivity contribution in [3.05, 3.63) is 89.4 Å². The average molecular weight is 454 g/mol. The molecule has 4 aromatic rings. The summed E-state index contributed by atoms with van der Waals surface area (Å²) in [5.74, 6) is -0.413. The molecule has 1 atom stereocenters. The SMILES string of the molecule is CN(CC(=O)NCC(c1ccccc1)c1c[nH]c2ccccc12)S(=O)(=O)c1cccs1. The minimum atomic E-state index is -3.67. The van der Waals surface area contributed by atoms with Gasteiger partial charge >= 0.3 is 0 Å². The van der Waals surface area contributed by atoms with Gasteiger partial charge < -0.3 is 10.3 Å². The van der Waals surface area contributed by atoms with E-state index in [0.29, 0.717) is 6.54 Å². The number of carbonyl (C=O) groups is 1. The lowest BCUT2D eigenvalue weighted by Gasteiger charge is -2.20. The summed E-state index contributed by atoms with van der Waals surface area (Å²) in [6, 6.07) is 21.2. The second kappa shape index (κ2) is 9.05. The summed E-state index contributed by atoms with van der Waals surface area (Å²) >= 11 is 1.14. The third kappa shape index (κ3) is 4.56. The fourth-order valence-corrected chi connectivity index (χ4v) is 5.93. The van der Waals surface area contributed by atoms with Gasteiger partial charge in [-0.1, -0.05) is 54.6 Å². The van der Waals surface area contributed by atoms with Crippen molar-refractivity contribution in [2.45, 2.75) is 10.1 Å². The molecule has 0 bridgehead atoms. The molecule has 2 heterocycles. The van der Waals surface area contributed by atoms with E-state index in [-0.39, 0.29) is 22.6 Å². The highest BCUT2D eigenvalue weighted by atomic mass is 32.2. The molecule has 0 aliphatic carbocycles. The summed E-state index contributed by atoms with van der Waals surface area (Å²) in [5, 5.41) is 5.73. The molecular weight excluding hydrogens is 430 g/mol. The summed E-state index contributed by atoms with van der Waals surface area (Å²) in [7, 11) is -2.25. The van der Waals surface area contributed by atoms with Crippen molar-refractivity contribution in [1.82, 2.24) is 14.6 Å². The van der Waals surface area contributed by atoms with Crippen molar-refractivity contribution in [2.24, 2.45) is 0 Å². The zero-order valence-corrected chi connectivity index (χ0v) is 18.6. The number of H-pyrrole nitrogens is 1. The summed E-state index contributed by atoms with van der Waals surface area (Å²) in [4.78, 5) is 15.9. The second-order valence-electron chi connectivity index (χ2n) is 7.25. The quantitative estimate of drug-likeness (QED) is 0.426. The summed E-state index contributed by atoms with van der Waals surface area (Å²) < 4.78 is 26.5. The maximum absolute atomic E-state index is 12.6. The number of amides is 1. The topological polar surface area (TPSA) is 82.3 Å². The summed E-state index contributed by atoms with van der Waals surface area (Å²) in [5.41, 5.74) is 3.19. The number of hydrogen-bond acceptors (Lipinski definition) is 4. The van der Waals surface area contributed by atoms with Gasteiger partial charge in [-0.2, -0.15) is 4.31 Å². The van der Waals surface area contributed by atoms with Crippen LogP contribution in [-0.2, 0) is 14.8 Å². The number of benzene rings is 2. The monoisotopic (exact) mass is 453 g/mol. The molecule has 0 radical (unpaired) electrons. The van der Waals surface area contributed by atoms with Crippen LogP contribution < -0.4 is 5.32 Å². The van der Waals surface area contributed by atoms with Crippen LogP contribution >= 0.6 is 11.3 Å². The number of rotatable bonds is 8. The lowest BCUT2D eigenvalue weighted by molar-refractivity contribution is -0.121. The minimum absolute atomic E-state index is 0.0690. The molecule has 0 spiro atoms. The van der Waals surface area contributed by atoms with Gasteiger partial charge in [0.15, 0.2) is 0 Å². The molecule has 160 valence electrons. The molecule has 1 unspecified atom stereocenters. The van der Waals surface area contributed by atoms with Crippen LogP contribution in [0.15, 0.2) is 82.5 Å². The van der Waals surface area contributed by atoms with Gasteiger partial charge in [-0.05, 0) is 28.6 Å². The van der Waals surface area contributed by atoms with Gasteiger partial charge in [0, 0.05) is 36.6 Å². The van der Waals surface area contributed by atoms with Gasteiger partial charge in [0.25, 0.3) is 10.0 Å². The first-order chi connectivity index (χ1) is 15.0. The van der Waals surface area contributed by atoms with Crippen molar-refractivity contribution in [3.8, 4) is 0 Å². The molecule has 31 heavy (non-hydrogen) atoms. The number of fused-ring (bicyclic) bond motifs is 1. The molecule has 0 aliphatic rings. The van der Waals surface area contributed by atoms with Crippen molar-refractivity contribution in [3.63, 3.8) is 0 Å². The molecule has 2 aromatic heterocycles. The largest absolute Gasteiger partial charge is 0.361 e. The molecule has 8 heteroatoms. The first kappa shape index (κ1) is 21.3. The molecule has 6 nitrogen and oxygen atoms in total. The van der Waals surface area contributed by atoms with Crippen LogP contribution in [0.1, 0.15) is 17.0 Å². The number of hydrogen-bond donors (Lipinski definition) is 2. The van der Waals surface area contributed by atoms with Crippen LogP contribution in [0.25, 0.3) is 10.9 Å². The average Bonchev–Trinajstić information content (AvgIpc) is 3.46. The zero-order valence-electron chi connectivity index (χ0n) is 17.0. The van der Waals surface area contributed by atoms with E-state index in [1.807, 2.05) is 54.7 Å². The van der Waals surface area contributed by atoms with Crippen molar-refractivity contribution in [1.29, 1.82) is 0 Å². The van der Waals surface area contributed by atoms with Gasteiger partial charge in [0.2, 0.25) is 5.91 Å². The highest BCUT2D eigenvalue weighted by Gasteiger charge is 2.25. The Hall–Kier alpha value is -2.94. The van der Waals surface area contributed by atoms with E-state index in [9.17, 15) is 13.2 Å². The van der Waals surface area contributed by atoms with Crippen molar-refractivity contribution >= 4 is 38.2 Å².